The predicted octanol–water partition coefficient (Wildman–Crippen LogP) is 2.52. The number of nitro benzene ring substituents is 1. The lowest BCUT2D eigenvalue weighted by Gasteiger charge is -2.02. The van der Waals surface area contributed by atoms with Gasteiger partial charge in [-0.25, -0.2) is 4.98 Å². The average Bonchev–Trinajstić information content (AvgIpc) is 2.90. The number of hydrogen-bond acceptors (Lipinski definition) is 5. The third-order valence-electron chi connectivity index (χ3n) is 3.11. The third kappa shape index (κ3) is 2.97. The summed E-state index contributed by atoms with van der Waals surface area (Å²) in [5, 5.41) is 13.9. The quantitative estimate of drug-likeness (QED) is 0.554. The monoisotopic (exact) mass is 283 g/mol. The number of hydrogen-bond donors (Lipinski definition) is 2. The van der Waals surface area contributed by atoms with E-state index in [9.17, 15) is 10.1 Å². The highest BCUT2D eigenvalue weighted by Crippen LogP contribution is 2.20. The van der Waals surface area contributed by atoms with E-state index in [4.69, 9.17) is 0 Å². The maximum absolute atomic E-state index is 10.7. The van der Waals surface area contributed by atoms with Crippen molar-refractivity contribution in [2.45, 2.75) is 6.42 Å². The lowest BCUT2D eigenvalue weighted by Crippen LogP contribution is -2.06. The van der Waals surface area contributed by atoms with E-state index in [0.29, 0.717) is 23.5 Å². The van der Waals surface area contributed by atoms with Gasteiger partial charge in [-0.05, 0) is 24.1 Å². The van der Waals surface area contributed by atoms with Crippen LogP contribution in [0.2, 0.25) is 0 Å². The van der Waals surface area contributed by atoms with Crippen LogP contribution in [0.4, 0.5) is 11.6 Å². The second-order valence-electron chi connectivity index (χ2n) is 4.58. The molecule has 0 saturated heterocycles. The molecule has 21 heavy (non-hydrogen) atoms. The molecule has 0 atom stereocenters. The summed E-state index contributed by atoms with van der Waals surface area (Å²) in [5.41, 5.74) is 2.53. The van der Waals surface area contributed by atoms with Crippen LogP contribution in [0.15, 0.2) is 42.7 Å². The minimum Gasteiger partial charge on any atom is -0.355 e. The molecule has 2 heterocycles. The standard InChI is InChI=1S/C14H13N5O2/c20-19(21)11-3-4-12-13(8-11)18-14(17-12)16-7-5-10-2-1-6-15-9-10/h1-4,6,8-9H,5,7H2,(H2,16,17,18). The van der Waals surface area contributed by atoms with Gasteiger partial charge in [-0.2, -0.15) is 0 Å². The second-order valence-corrected chi connectivity index (χ2v) is 4.58. The van der Waals surface area contributed by atoms with Gasteiger partial charge in [-0.15, -0.1) is 0 Å². The molecule has 0 spiro atoms. The van der Waals surface area contributed by atoms with E-state index in [0.717, 1.165) is 12.0 Å². The van der Waals surface area contributed by atoms with Crippen LogP contribution in [-0.2, 0) is 6.42 Å². The van der Waals surface area contributed by atoms with Crippen LogP contribution in [0.5, 0.6) is 0 Å². The van der Waals surface area contributed by atoms with Gasteiger partial charge in [-0.3, -0.25) is 15.1 Å². The second kappa shape index (κ2) is 5.58. The highest BCUT2D eigenvalue weighted by Gasteiger charge is 2.09. The molecule has 7 heteroatoms. The van der Waals surface area contributed by atoms with Gasteiger partial charge in [0.05, 0.1) is 16.0 Å². The van der Waals surface area contributed by atoms with E-state index in [2.05, 4.69) is 20.3 Å². The van der Waals surface area contributed by atoms with Gasteiger partial charge in [0.15, 0.2) is 0 Å². The Bertz CT molecular complexity index is 769. The van der Waals surface area contributed by atoms with Gasteiger partial charge in [0.25, 0.3) is 5.69 Å². The number of fused-ring (bicyclic) bond motifs is 1. The Labute approximate surface area is 120 Å². The number of aromatic amines is 1. The summed E-state index contributed by atoms with van der Waals surface area (Å²) in [4.78, 5) is 21.7. The van der Waals surface area contributed by atoms with Crippen molar-refractivity contribution in [1.29, 1.82) is 0 Å². The van der Waals surface area contributed by atoms with Gasteiger partial charge in [0.1, 0.15) is 0 Å². The lowest BCUT2D eigenvalue weighted by atomic mass is 10.2. The Kier molecular flexibility index (Phi) is 3.46. The summed E-state index contributed by atoms with van der Waals surface area (Å²) in [6.45, 7) is 0.702. The zero-order valence-electron chi connectivity index (χ0n) is 11.1. The maximum atomic E-state index is 10.7. The Balaban J connectivity index is 1.68. The minimum atomic E-state index is -0.421. The van der Waals surface area contributed by atoms with Gasteiger partial charge >= 0.3 is 0 Å². The molecule has 1 aromatic carbocycles. The summed E-state index contributed by atoms with van der Waals surface area (Å²) >= 11 is 0. The Hall–Kier alpha value is -2.96. The van der Waals surface area contributed by atoms with Crippen molar-refractivity contribution >= 4 is 22.7 Å². The van der Waals surface area contributed by atoms with E-state index in [1.54, 1.807) is 12.3 Å². The number of H-pyrrole nitrogens is 1. The smallest absolute Gasteiger partial charge is 0.271 e. The van der Waals surface area contributed by atoms with E-state index in [1.165, 1.54) is 12.1 Å². The minimum absolute atomic E-state index is 0.0491. The maximum Gasteiger partial charge on any atom is 0.271 e. The van der Waals surface area contributed by atoms with Crippen molar-refractivity contribution in [1.82, 2.24) is 15.0 Å². The molecule has 0 radical (unpaired) electrons. The number of nitrogens with one attached hydrogen (secondary N) is 2. The van der Waals surface area contributed by atoms with Crippen LogP contribution < -0.4 is 5.32 Å². The number of non-ortho nitro benzene ring substituents is 1. The number of benzene rings is 1. The third-order valence-corrected chi connectivity index (χ3v) is 3.11. The van der Waals surface area contributed by atoms with Crippen molar-refractivity contribution in [2.75, 3.05) is 11.9 Å². The average molecular weight is 283 g/mol. The highest BCUT2D eigenvalue weighted by atomic mass is 16.6. The molecule has 2 aromatic heterocycles. The van der Waals surface area contributed by atoms with Crippen LogP contribution in [-0.4, -0.2) is 26.4 Å². The molecule has 3 rings (SSSR count). The summed E-state index contributed by atoms with van der Waals surface area (Å²) in [7, 11) is 0. The number of pyridine rings is 1. The normalized spacial score (nSPS) is 10.7. The van der Waals surface area contributed by atoms with Crippen LogP contribution in [0, 0.1) is 10.1 Å². The topological polar surface area (TPSA) is 96.7 Å². The molecule has 0 aliphatic rings. The lowest BCUT2D eigenvalue weighted by molar-refractivity contribution is -0.384. The van der Waals surface area contributed by atoms with Gasteiger partial charge in [0, 0.05) is 31.1 Å². The van der Waals surface area contributed by atoms with Crippen LogP contribution in [0.1, 0.15) is 5.56 Å². The van der Waals surface area contributed by atoms with Crippen LogP contribution >= 0.6 is 0 Å². The van der Waals surface area contributed by atoms with E-state index in [1.807, 2.05) is 18.3 Å². The van der Waals surface area contributed by atoms with E-state index in [-0.39, 0.29) is 5.69 Å². The number of rotatable bonds is 5. The molecule has 0 unspecified atom stereocenters. The van der Waals surface area contributed by atoms with Crippen LogP contribution in [0.3, 0.4) is 0 Å². The number of anilines is 1. The molecule has 2 N–H and O–H groups in total. The molecule has 0 saturated carbocycles. The summed E-state index contributed by atoms with van der Waals surface area (Å²) < 4.78 is 0. The zero-order chi connectivity index (χ0) is 14.7. The fourth-order valence-electron chi connectivity index (χ4n) is 2.07. The summed E-state index contributed by atoms with van der Waals surface area (Å²) in [6, 6.07) is 8.47. The first-order chi connectivity index (χ1) is 10.2. The molecule has 106 valence electrons. The molecule has 0 aliphatic heterocycles. The number of aromatic nitrogens is 3. The number of nitro groups is 1. The molecule has 0 amide bonds. The highest BCUT2D eigenvalue weighted by molar-refractivity contribution is 5.79. The summed E-state index contributed by atoms with van der Waals surface area (Å²) in [6.07, 6.45) is 4.39. The van der Waals surface area contributed by atoms with Gasteiger partial charge < -0.3 is 10.3 Å². The number of imidazole rings is 1. The van der Waals surface area contributed by atoms with Crippen LogP contribution in [0.25, 0.3) is 11.0 Å². The molecule has 3 aromatic rings. The molecule has 7 nitrogen and oxygen atoms in total. The predicted molar refractivity (Wildman–Crippen MR) is 79.2 cm³/mol. The number of nitrogens with zero attached hydrogens (tertiary/aromatic N) is 3. The SMILES string of the molecule is O=[N+]([O-])c1ccc2nc(NCCc3cccnc3)[nH]c2c1. The van der Waals surface area contributed by atoms with Gasteiger partial charge in [0.2, 0.25) is 5.95 Å². The first-order valence-electron chi connectivity index (χ1n) is 6.49. The van der Waals surface area contributed by atoms with E-state index < -0.39 is 4.92 Å². The van der Waals surface area contributed by atoms with Crippen molar-refractivity contribution in [3.8, 4) is 0 Å². The van der Waals surface area contributed by atoms with Gasteiger partial charge in [-0.1, -0.05) is 6.07 Å². The molecule has 0 fully saturated rings. The van der Waals surface area contributed by atoms with Crippen molar-refractivity contribution in [3.05, 3.63) is 58.4 Å². The molecular formula is C14H13N5O2. The van der Waals surface area contributed by atoms with Crippen molar-refractivity contribution < 1.29 is 4.92 Å². The first kappa shape index (κ1) is 13.0. The zero-order valence-corrected chi connectivity index (χ0v) is 11.1. The fourth-order valence-corrected chi connectivity index (χ4v) is 2.07. The fraction of sp³-hybridized carbons (Fsp3) is 0.143. The molecular weight excluding hydrogens is 270 g/mol. The first-order valence-corrected chi connectivity index (χ1v) is 6.49. The Morgan fingerprint density at radius 3 is 3.00 bits per heavy atom. The van der Waals surface area contributed by atoms with E-state index >= 15 is 0 Å². The Morgan fingerprint density at radius 1 is 1.33 bits per heavy atom. The van der Waals surface area contributed by atoms with Crippen molar-refractivity contribution in [2.24, 2.45) is 0 Å². The largest absolute Gasteiger partial charge is 0.355 e. The van der Waals surface area contributed by atoms with Crippen molar-refractivity contribution in [3.63, 3.8) is 0 Å². The molecule has 0 bridgehead atoms. The molecule has 0 aliphatic carbocycles. The summed E-state index contributed by atoms with van der Waals surface area (Å²) in [5.74, 6) is 0.606. The Morgan fingerprint density at radius 2 is 2.24 bits per heavy atom.